The maximum absolute atomic E-state index is 11.4. The van der Waals surface area contributed by atoms with Gasteiger partial charge in [0.05, 0.1) is 17.4 Å². The average molecular weight is 467 g/mol. The maximum atomic E-state index is 11.4. The molecule has 0 amide bonds. The molecule has 0 bridgehead atoms. The average Bonchev–Trinajstić information content (AvgIpc) is 3.40. The Morgan fingerprint density at radius 1 is 1.30 bits per heavy atom. The fourth-order valence-electron chi connectivity index (χ4n) is 4.05. The molecule has 8 nitrogen and oxygen atoms in total. The van der Waals surface area contributed by atoms with Gasteiger partial charge in [-0.15, -0.1) is 0 Å². The Balaban J connectivity index is 1.57. The van der Waals surface area contributed by atoms with Crippen LogP contribution in [0.15, 0.2) is 40.9 Å². The van der Waals surface area contributed by atoms with Gasteiger partial charge in [0, 0.05) is 30.0 Å². The van der Waals surface area contributed by atoms with E-state index in [-0.39, 0.29) is 17.9 Å². The molecule has 1 atom stereocenters. The predicted molar refractivity (Wildman–Crippen MR) is 124 cm³/mol. The Morgan fingerprint density at radius 2 is 2.12 bits per heavy atom. The van der Waals surface area contributed by atoms with Crippen LogP contribution in [0.25, 0.3) is 22.8 Å². The summed E-state index contributed by atoms with van der Waals surface area (Å²) in [6.07, 6.45) is 2.92. The van der Waals surface area contributed by atoms with Crippen molar-refractivity contribution in [2.24, 2.45) is 0 Å². The van der Waals surface area contributed by atoms with Crippen molar-refractivity contribution in [1.82, 2.24) is 15.5 Å². The molecule has 1 aliphatic rings. The van der Waals surface area contributed by atoms with E-state index in [9.17, 15) is 13.7 Å². The molecular formula is C24H26N4O4S. The first-order chi connectivity index (χ1) is 15.7. The third-order valence-corrected chi connectivity index (χ3v) is 6.46. The molecule has 0 fully saturated rings. The summed E-state index contributed by atoms with van der Waals surface area (Å²) in [4.78, 5) is 4.59. The van der Waals surface area contributed by atoms with Crippen LogP contribution in [0.5, 0.6) is 5.75 Å². The first-order valence-corrected chi connectivity index (χ1v) is 12.9. The van der Waals surface area contributed by atoms with Crippen molar-refractivity contribution in [2.75, 3.05) is 18.6 Å². The molecule has 1 heterocycles. The van der Waals surface area contributed by atoms with E-state index in [2.05, 4.69) is 27.6 Å². The van der Waals surface area contributed by atoms with Gasteiger partial charge in [-0.3, -0.25) is 0 Å². The molecule has 2 aromatic carbocycles. The Kier molecular flexibility index (Phi) is 6.49. The summed E-state index contributed by atoms with van der Waals surface area (Å²) >= 11 is 0. The van der Waals surface area contributed by atoms with Gasteiger partial charge in [0.15, 0.2) is 0 Å². The van der Waals surface area contributed by atoms with Gasteiger partial charge in [-0.25, -0.2) is 8.42 Å². The zero-order chi connectivity index (χ0) is 23.6. The molecule has 172 valence electrons. The smallest absolute Gasteiger partial charge is 0.258 e. The quantitative estimate of drug-likeness (QED) is 0.534. The van der Waals surface area contributed by atoms with Crippen molar-refractivity contribution >= 4 is 9.84 Å². The third-order valence-electron chi connectivity index (χ3n) is 5.51. The molecule has 0 aliphatic heterocycles. The van der Waals surface area contributed by atoms with E-state index in [1.54, 1.807) is 18.2 Å². The van der Waals surface area contributed by atoms with Gasteiger partial charge >= 0.3 is 0 Å². The van der Waals surface area contributed by atoms with Crippen LogP contribution in [0.4, 0.5) is 0 Å². The second-order valence-corrected chi connectivity index (χ2v) is 10.7. The molecule has 9 heteroatoms. The number of rotatable bonds is 8. The van der Waals surface area contributed by atoms with E-state index in [1.165, 1.54) is 6.26 Å². The van der Waals surface area contributed by atoms with E-state index < -0.39 is 9.84 Å². The summed E-state index contributed by atoms with van der Waals surface area (Å²) in [5, 5.41) is 17.0. The number of hydrogen-bond acceptors (Lipinski definition) is 8. The monoisotopic (exact) mass is 466 g/mol. The lowest BCUT2D eigenvalue weighted by Crippen LogP contribution is -2.25. The second-order valence-electron chi connectivity index (χ2n) is 8.46. The standard InChI is InChI=1S/C24H26N4O4S/c1-15(2)31-22-10-7-16(13-17(22)14-25)24-27-23(28-32-24)20-6-4-5-19-18(20)8-9-21(19)26-11-12-33(3,29)30/h4-7,10,13,15,21,26H,8-9,11-12H2,1-3H3/t21-/m0/s1. The number of sulfone groups is 1. The lowest BCUT2D eigenvalue weighted by Gasteiger charge is -2.14. The van der Waals surface area contributed by atoms with Gasteiger partial charge in [0.25, 0.3) is 5.89 Å². The van der Waals surface area contributed by atoms with Crippen LogP contribution in [0.3, 0.4) is 0 Å². The van der Waals surface area contributed by atoms with Crippen molar-refractivity contribution in [3.63, 3.8) is 0 Å². The van der Waals surface area contributed by atoms with Crippen LogP contribution < -0.4 is 10.1 Å². The molecule has 3 aromatic rings. The number of hydrogen-bond donors (Lipinski definition) is 1. The highest BCUT2D eigenvalue weighted by atomic mass is 32.2. The number of nitrogens with one attached hydrogen (secondary N) is 1. The Bertz CT molecular complexity index is 1310. The fourth-order valence-corrected chi connectivity index (χ4v) is 4.54. The molecular weight excluding hydrogens is 440 g/mol. The number of ether oxygens (including phenoxy) is 1. The SMILES string of the molecule is CC(C)Oc1ccc(-c2nc(-c3cccc4c3CC[C@@H]4NCCS(C)(=O)=O)no2)cc1C#N. The highest BCUT2D eigenvalue weighted by molar-refractivity contribution is 7.90. The van der Waals surface area contributed by atoms with E-state index in [0.29, 0.717) is 35.1 Å². The summed E-state index contributed by atoms with van der Waals surface area (Å²) in [5.41, 5.74) is 4.23. The normalized spacial score (nSPS) is 15.4. The van der Waals surface area contributed by atoms with Crippen molar-refractivity contribution in [2.45, 2.75) is 38.8 Å². The Hall–Kier alpha value is -3.22. The number of aromatic nitrogens is 2. The van der Waals surface area contributed by atoms with E-state index in [1.807, 2.05) is 26.0 Å². The highest BCUT2D eigenvalue weighted by Gasteiger charge is 2.26. The summed E-state index contributed by atoms with van der Waals surface area (Å²) < 4.78 is 34.0. The van der Waals surface area contributed by atoms with Crippen LogP contribution in [0.2, 0.25) is 0 Å². The van der Waals surface area contributed by atoms with Crippen LogP contribution in [-0.2, 0) is 16.3 Å². The Labute approximate surface area is 193 Å². The summed E-state index contributed by atoms with van der Waals surface area (Å²) in [6, 6.07) is 13.4. The zero-order valence-electron chi connectivity index (χ0n) is 18.8. The van der Waals surface area contributed by atoms with Crippen molar-refractivity contribution < 1.29 is 17.7 Å². The molecule has 0 spiro atoms. The molecule has 0 saturated carbocycles. The number of nitriles is 1. The molecule has 1 N–H and O–H groups in total. The molecule has 1 aromatic heterocycles. The van der Waals surface area contributed by atoms with Crippen LogP contribution >= 0.6 is 0 Å². The molecule has 1 aliphatic carbocycles. The first kappa shape index (κ1) is 23.0. The van der Waals surface area contributed by atoms with E-state index in [0.717, 1.165) is 29.5 Å². The summed E-state index contributed by atoms with van der Waals surface area (Å²) in [6.45, 7) is 4.23. The van der Waals surface area contributed by atoms with Crippen molar-refractivity contribution in [3.8, 4) is 34.7 Å². The third kappa shape index (κ3) is 5.24. The first-order valence-electron chi connectivity index (χ1n) is 10.8. The van der Waals surface area contributed by atoms with E-state index in [4.69, 9.17) is 9.26 Å². The molecule has 0 unspecified atom stereocenters. The highest BCUT2D eigenvalue weighted by Crippen LogP contribution is 2.37. The number of fused-ring (bicyclic) bond motifs is 1. The molecule has 4 rings (SSSR count). The molecule has 33 heavy (non-hydrogen) atoms. The van der Waals surface area contributed by atoms with Gasteiger partial charge in [-0.2, -0.15) is 10.2 Å². The van der Waals surface area contributed by atoms with Gasteiger partial charge < -0.3 is 14.6 Å². The zero-order valence-corrected chi connectivity index (χ0v) is 19.6. The van der Waals surface area contributed by atoms with Crippen LogP contribution in [0, 0.1) is 11.3 Å². The Morgan fingerprint density at radius 3 is 2.85 bits per heavy atom. The van der Waals surface area contributed by atoms with Gasteiger partial charge in [-0.05, 0) is 56.0 Å². The number of benzene rings is 2. The van der Waals surface area contributed by atoms with Gasteiger partial charge in [0.2, 0.25) is 5.82 Å². The second kappa shape index (κ2) is 9.33. The molecule has 0 radical (unpaired) electrons. The van der Waals surface area contributed by atoms with E-state index >= 15 is 0 Å². The fraction of sp³-hybridized carbons (Fsp3) is 0.375. The van der Waals surface area contributed by atoms with Crippen LogP contribution in [0.1, 0.15) is 43.0 Å². The predicted octanol–water partition coefficient (Wildman–Crippen LogP) is 3.68. The minimum atomic E-state index is -3.00. The summed E-state index contributed by atoms with van der Waals surface area (Å²) in [7, 11) is -3.00. The minimum Gasteiger partial charge on any atom is -0.490 e. The van der Waals surface area contributed by atoms with Gasteiger partial charge in [0.1, 0.15) is 21.7 Å². The summed E-state index contributed by atoms with van der Waals surface area (Å²) in [5.74, 6) is 1.44. The lowest BCUT2D eigenvalue weighted by atomic mass is 10.0. The molecule has 0 saturated heterocycles. The number of nitrogens with zero attached hydrogens (tertiary/aromatic N) is 3. The maximum Gasteiger partial charge on any atom is 0.258 e. The largest absolute Gasteiger partial charge is 0.490 e. The van der Waals surface area contributed by atoms with Gasteiger partial charge in [-0.1, -0.05) is 23.4 Å². The minimum absolute atomic E-state index is 0.0391. The van der Waals surface area contributed by atoms with Crippen molar-refractivity contribution in [1.29, 1.82) is 5.26 Å². The topological polar surface area (TPSA) is 118 Å². The van der Waals surface area contributed by atoms with Crippen molar-refractivity contribution in [3.05, 3.63) is 53.1 Å². The lowest BCUT2D eigenvalue weighted by molar-refractivity contribution is 0.241. The van der Waals surface area contributed by atoms with Crippen LogP contribution in [-0.4, -0.2) is 43.2 Å².